The minimum absolute atomic E-state index is 0.0953. The summed E-state index contributed by atoms with van der Waals surface area (Å²) in [5.74, 6) is -0.242. The largest absolute Gasteiger partial charge is 0.419 e. The number of aldehydes is 1. The maximum Gasteiger partial charge on any atom is 0.419 e. The highest BCUT2D eigenvalue weighted by atomic mass is 19.4. The first-order valence-corrected chi connectivity index (χ1v) is 13.8. The minimum atomic E-state index is -4.79. The predicted octanol–water partition coefficient (Wildman–Crippen LogP) is 5.50. The van der Waals surface area contributed by atoms with Crippen LogP contribution >= 0.6 is 0 Å². The number of alkyl halides is 3. The molecule has 40 heavy (non-hydrogen) atoms. The molecule has 5 rings (SSSR count). The zero-order valence-corrected chi connectivity index (χ0v) is 22.8. The van der Waals surface area contributed by atoms with Crippen LogP contribution in [0.2, 0.25) is 0 Å². The first-order valence-electron chi connectivity index (χ1n) is 13.8. The molecule has 3 atom stereocenters. The number of likely N-dealkylation sites (N-methyl/N-ethyl adjacent to an activating group) is 2. The summed E-state index contributed by atoms with van der Waals surface area (Å²) in [6.07, 6.45) is 8.38. The number of allylic oxidation sites excluding steroid dienone is 3. The Balaban J connectivity index is 0.000000186. The maximum atomic E-state index is 13.4. The van der Waals surface area contributed by atoms with Gasteiger partial charge in [0.1, 0.15) is 17.9 Å². The van der Waals surface area contributed by atoms with Crippen molar-refractivity contribution in [3.05, 3.63) is 53.0 Å². The molecule has 1 unspecified atom stereocenters. The van der Waals surface area contributed by atoms with Crippen LogP contribution in [0, 0.1) is 17.7 Å². The van der Waals surface area contributed by atoms with E-state index in [4.69, 9.17) is 0 Å². The van der Waals surface area contributed by atoms with E-state index < -0.39 is 29.6 Å². The van der Waals surface area contributed by atoms with Gasteiger partial charge >= 0.3 is 12.2 Å². The smallest absolute Gasteiger partial charge is 0.359 e. The fraction of sp³-hybridized carbons (Fsp3) is 0.552. The molecule has 1 saturated heterocycles. The van der Waals surface area contributed by atoms with Gasteiger partial charge in [-0.15, -0.1) is 0 Å². The average molecular weight is 565 g/mol. The van der Waals surface area contributed by atoms with Crippen LogP contribution < -0.4 is 10.6 Å². The van der Waals surface area contributed by atoms with Crippen LogP contribution in [0.1, 0.15) is 56.9 Å². The monoisotopic (exact) mass is 564 g/mol. The highest BCUT2D eigenvalue weighted by Gasteiger charge is 2.36. The third kappa shape index (κ3) is 6.56. The van der Waals surface area contributed by atoms with Crippen molar-refractivity contribution < 1.29 is 31.9 Å². The van der Waals surface area contributed by atoms with Gasteiger partial charge in [-0.1, -0.05) is 12.5 Å². The number of hydrogen-bond acceptors (Lipinski definition) is 5. The molecule has 2 fully saturated rings. The van der Waals surface area contributed by atoms with Gasteiger partial charge in [0.15, 0.2) is 0 Å². The van der Waals surface area contributed by atoms with Crippen LogP contribution in [0.25, 0.3) is 0 Å². The quantitative estimate of drug-likeness (QED) is 0.365. The third-order valence-electron chi connectivity index (χ3n) is 8.34. The molecule has 2 heterocycles. The van der Waals surface area contributed by atoms with Crippen LogP contribution in [0.5, 0.6) is 0 Å². The van der Waals surface area contributed by atoms with E-state index in [1.807, 2.05) is 7.05 Å². The van der Waals surface area contributed by atoms with Crippen molar-refractivity contribution in [2.24, 2.45) is 11.8 Å². The SMILES string of the molecule is CNC1C=CC2=C(CC[C@@H](C(=O)C3CCC3)C2)N1C.O=C[C@H]1CCCN1C(=O)Nc1ccc(C(F)(F)F)c(F)c1. The second-order valence-corrected chi connectivity index (χ2v) is 10.8. The Labute approximate surface area is 231 Å². The number of rotatable bonds is 5. The molecule has 1 aromatic carbocycles. The number of Topliss-reactive ketones (excluding diaryl/α,β-unsaturated/α-hetero) is 1. The summed E-state index contributed by atoms with van der Waals surface area (Å²) in [6, 6.07) is 0.947. The highest BCUT2D eigenvalue weighted by molar-refractivity contribution is 5.91. The van der Waals surface area contributed by atoms with E-state index in [1.165, 1.54) is 22.6 Å². The minimum Gasteiger partial charge on any atom is -0.359 e. The van der Waals surface area contributed by atoms with Gasteiger partial charge < -0.3 is 19.9 Å². The lowest BCUT2D eigenvalue weighted by molar-refractivity contribution is -0.140. The maximum absolute atomic E-state index is 13.4. The molecule has 0 spiro atoms. The van der Waals surface area contributed by atoms with Crippen molar-refractivity contribution in [1.29, 1.82) is 0 Å². The standard InChI is InChI=1S/C16H24N2O.C13H12F4N2O2/c1-17-15-9-7-12-10-13(6-8-14(12)18(15)2)16(19)11-4-3-5-11;14-11-6-8(3-4-10(11)13(15,16)17)18-12(21)19-5-1-2-9(19)7-20/h7,9,11,13,15,17H,3-6,8,10H2,1-2H3;3-4,6-7,9H,1-2,5H2,(H,18,21)/t13-,15?;9-/m11/s1. The number of benzene rings is 1. The number of carbonyl (C=O) groups is 3. The van der Waals surface area contributed by atoms with E-state index in [2.05, 4.69) is 34.7 Å². The number of amides is 2. The Morgan fingerprint density at radius 2 is 1.82 bits per heavy atom. The van der Waals surface area contributed by atoms with E-state index in [1.54, 1.807) is 0 Å². The summed E-state index contributed by atoms with van der Waals surface area (Å²) in [6.45, 7) is 0.373. The van der Waals surface area contributed by atoms with Crippen LogP contribution in [0.4, 0.5) is 28.0 Å². The van der Waals surface area contributed by atoms with E-state index in [0.717, 1.165) is 38.2 Å². The lowest BCUT2D eigenvalue weighted by Crippen LogP contribution is -2.43. The zero-order chi connectivity index (χ0) is 29.0. The molecule has 4 aliphatic rings. The number of ketones is 1. The molecule has 0 aromatic heterocycles. The third-order valence-corrected chi connectivity index (χ3v) is 8.34. The average Bonchev–Trinajstić information content (AvgIpc) is 3.37. The van der Waals surface area contributed by atoms with E-state index in [-0.39, 0.29) is 11.6 Å². The van der Waals surface area contributed by atoms with Crippen molar-refractivity contribution in [3.63, 3.8) is 0 Å². The lowest BCUT2D eigenvalue weighted by Gasteiger charge is -2.39. The number of anilines is 1. The van der Waals surface area contributed by atoms with Gasteiger partial charge in [0, 0.05) is 36.8 Å². The fourth-order valence-corrected chi connectivity index (χ4v) is 5.79. The van der Waals surface area contributed by atoms with Crippen molar-refractivity contribution in [2.45, 2.75) is 69.8 Å². The molecular weight excluding hydrogens is 528 g/mol. The molecule has 0 radical (unpaired) electrons. The van der Waals surface area contributed by atoms with Crippen LogP contribution in [-0.4, -0.2) is 60.7 Å². The summed E-state index contributed by atoms with van der Waals surface area (Å²) < 4.78 is 50.6. The second kappa shape index (κ2) is 12.5. The fourth-order valence-electron chi connectivity index (χ4n) is 5.79. The molecule has 218 valence electrons. The Morgan fingerprint density at radius 3 is 2.42 bits per heavy atom. The molecule has 1 aromatic rings. The highest BCUT2D eigenvalue weighted by Crippen LogP contribution is 2.39. The zero-order valence-electron chi connectivity index (χ0n) is 22.8. The first kappa shape index (κ1) is 29.8. The molecule has 2 amide bonds. The predicted molar refractivity (Wildman–Crippen MR) is 143 cm³/mol. The van der Waals surface area contributed by atoms with Crippen molar-refractivity contribution in [3.8, 4) is 0 Å². The molecular formula is C29H36F4N4O3. The van der Waals surface area contributed by atoms with Gasteiger partial charge in [-0.05, 0) is 81.8 Å². The molecule has 11 heteroatoms. The van der Waals surface area contributed by atoms with E-state index in [0.29, 0.717) is 55.7 Å². The molecule has 1 saturated carbocycles. The topological polar surface area (TPSA) is 81.8 Å². The molecule has 2 aliphatic carbocycles. The summed E-state index contributed by atoms with van der Waals surface area (Å²) in [7, 11) is 4.14. The summed E-state index contributed by atoms with van der Waals surface area (Å²) in [4.78, 5) is 38.6. The Bertz CT molecular complexity index is 1180. The molecule has 2 aliphatic heterocycles. The summed E-state index contributed by atoms with van der Waals surface area (Å²) >= 11 is 0. The number of nitrogens with one attached hydrogen (secondary N) is 2. The van der Waals surface area contributed by atoms with Gasteiger partial charge in [-0.3, -0.25) is 10.1 Å². The van der Waals surface area contributed by atoms with Crippen molar-refractivity contribution in [1.82, 2.24) is 15.1 Å². The van der Waals surface area contributed by atoms with Gasteiger partial charge in [-0.25, -0.2) is 9.18 Å². The molecule has 2 N–H and O–H groups in total. The first-order chi connectivity index (χ1) is 19.0. The number of urea groups is 1. The van der Waals surface area contributed by atoms with Crippen LogP contribution in [-0.2, 0) is 15.8 Å². The molecule has 0 bridgehead atoms. The van der Waals surface area contributed by atoms with Gasteiger partial charge in [0.25, 0.3) is 0 Å². The second-order valence-electron chi connectivity index (χ2n) is 10.8. The Hall–Kier alpha value is -3.21. The van der Waals surface area contributed by atoms with E-state index in [9.17, 15) is 31.9 Å². The van der Waals surface area contributed by atoms with Gasteiger partial charge in [0.05, 0.1) is 17.8 Å². The Kier molecular flexibility index (Phi) is 9.33. The number of likely N-dealkylation sites (tertiary alicyclic amines) is 1. The summed E-state index contributed by atoms with van der Waals surface area (Å²) in [5.41, 5.74) is 1.33. The van der Waals surface area contributed by atoms with Gasteiger partial charge in [-0.2, -0.15) is 13.2 Å². The number of carbonyl (C=O) groups excluding carboxylic acids is 3. The van der Waals surface area contributed by atoms with Crippen molar-refractivity contribution in [2.75, 3.05) is 26.0 Å². The number of nitrogens with zero attached hydrogens (tertiary/aromatic N) is 2. The van der Waals surface area contributed by atoms with Gasteiger partial charge in [0.2, 0.25) is 0 Å². The van der Waals surface area contributed by atoms with Crippen molar-refractivity contribution >= 4 is 23.8 Å². The molecule has 7 nitrogen and oxygen atoms in total. The Morgan fingerprint density at radius 1 is 1.07 bits per heavy atom. The van der Waals surface area contributed by atoms with Crippen LogP contribution in [0.3, 0.4) is 0 Å². The normalized spacial score (nSPS) is 24.6. The lowest BCUT2D eigenvalue weighted by atomic mass is 9.73. The van der Waals surface area contributed by atoms with Crippen LogP contribution in [0.15, 0.2) is 41.6 Å². The number of hydrogen-bond donors (Lipinski definition) is 2. The summed E-state index contributed by atoms with van der Waals surface area (Å²) in [5, 5.41) is 5.58. The van der Waals surface area contributed by atoms with E-state index >= 15 is 0 Å². The number of halogens is 4.